The molecule has 92 valence electrons. The largest absolute Gasteiger partial charge is 0.349 e. The Morgan fingerprint density at radius 3 is 1.83 bits per heavy atom. The van der Waals surface area contributed by atoms with Crippen LogP contribution in [0.2, 0.25) is 5.02 Å². The maximum absolute atomic E-state index is 5.95. The van der Waals surface area contributed by atoms with Crippen LogP contribution in [-0.4, -0.2) is 14.1 Å². The van der Waals surface area contributed by atoms with Gasteiger partial charge in [0.05, 0.1) is 11.4 Å². The molecule has 0 bridgehead atoms. The highest BCUT2D eigenvalue weighted by atomic mass is 35.5. The Labute approximate surface area is 112 Å². The van der Waals surface area contributed by atoms with E-state index in [0.717, 1.165) is 5.02 Å². The van der Waals surface area contributed by atoms with Crippen molar-refractivity contribution >= 4 is 23.0 Å². The third-order valence-electron chi connectivity index (χ3n) is 3.54. The number of halogens is 1. The second kappa shape index (κ2) is 4.21. The molecule has 0 N–H and O–H groups in total. The first-order valence-electron chi connectivity index (χ1n) is 5.98. The SMILES string of the molecule is CN1c2ccccc2N(C)C1c1ccc(Cl)cc1. The summed E-state index contributed by atoms with van der Waals surface area (Å²) in [5.41, 5.74) is 3.78. The number of anilines is 2. The van der Waals surface area contributed by atoms with Crippen molar-refractivity contribution in [1.29, 1.82) is 0 Å². The molecule has 0 saturated carbocycles. The molecule has 0 aliphatic carbocycles. The van der Waals surface area contributed by atoms with Gasteiger partial charge in [-0.15, -0.1) is 0 Å². The fraction of sp³-hybridized carbons (Fsp3) is 0.200. The Kier molecular flexibility index (Phi) is 2.67. The molecule has 1 aliphatic rings. The zero-order valence-electron chi connectivity index (χ0n) is 10.5. The molecule has 0 saturated heterocycles. The fourth-order valence-electron chi connectivity index (χ4n) is 2.67. The van der Waals surface area contributed by atoms with E-state index in [9.17, 15) is 0 Å². The Morgan fingerprint density at radius 1 is 0.833 bits per heavy atom. The standard InChI is InChI=1S/C15H15ClN2/c1-17-13-5-3-4-6-14(13)18(2)15(17)11-7-9-12(16)10-8-11/h3-10,15H,1-2H3. The van der Waals surface area contributed by atoms with Crippen molar-refractivity contribution in [2.45, 2.75) is 6.17 Å². The molecule has 0 amide bonds. The van der Waals surface area contributed by atoms with E-state index in [0.29, 0.717) is 0 Å². The summed E-state index contributed by atoms with van der Waals surface area (Å²) in [6.07, 6.45) is 0.236. The van der Waals surface area contributed by atoms with Crippen LogP contribution < -0.4 is 9.80 Å². The molecule has 2 nitrogen and oxygen atoms in total. The molecule has 1 aliphatic heterocycles. The molecule has 2 aromatic rings. The predicted molar refractivity (Wildman–Crippen MR) is 77.4 cm³/mol. The minimum absolute atomic E-state index is 0.236. The molecule has 1 heterocycles. The van der Waals surface area contributed by atoms with Crippen LogP contribution in [0.5, 0.6) is 0 Å². The fourth-order valence-corrected chi connectivity index (χ4v) is 2.79. The van der Waals surface area contributed by atoms with Crippen LogP contribution >= 0.6 is 11.6 Å². The van der Waals surface area contributed by atoms with Gasteiger partial charge in [0, 0.05) is 19.1 Å². The van der Waals surface area contributed by atoms with Crippen LogP contribution in [0.25, 0.3) is 0 Å². The molecule has 0 radical (unpaired) electrons. The highest BCUT2D eigenvalue weighted by molar-refractivity contribution is 6.30. The molecule has 0 spiro atoms. The zero-order chi connectivity index (χ0) is 12.7. The third-order valence-corrected chi connectivity index (χ3v) is 3.80. The number of rotatable bonds is 1. The van der Waals surface area contributed by atoms with Gasteiger partial charge in [0.1, 0.15) is 6.17 Å². The van der Waals surface area contributed by atoms with E-state index in [1.165, 1.54) is 16.9 Å². The second-order valence-electron chi connectivity index (χ2n) is 4.64. The Morgan fingerprint density at radius 2 is 1.33 bits per heavy atom. The van der Waals surface area contributed by atoms with E-state index in [1.54, 1.807) is 0 Å². The molecule has 2 aromatic carbocycles. The number of para-hydroxylation sites is 2. The van der Waals surface area contributed by atoms with E-state index in [-0.39, 0.29) is 6.17 Å². The van der Waals surface area contributed by atoms with Gasteiger partial charge >= 0.3 is 0 Å². The summed E-state index contributed by atoms with van der Waals surface area (Å²) in [5.74, 6) is 0. The summed E-state index contributed by atoms with van der Waals surface area (Å²) in [7, 11) is 4.25. The first-order valence-corrected chi connectivity index (χ1v) is 6.36. The first-order chi connectivity index (χ1) is 8.68. The highest BCUT2D eigenvalue weighted by Crippen LogP contribution is 2.43. The molecular weight excluding hydrogens is 244 g/mol. The predicted octanol–water partition coefficient (Wildman–Crippen LogP) is 3.92. The highest BCUT2D eigenvalue weighted by Gasteiger charge is 2.31. The molecule has 3 rings (SSSR count). The molecule has 0 unspecified atom stereocenters. The van der Waals surface area contributed by atoms with E-state index < -0.39 is 0 Å². The van der Waals surface area contributed by atoms with Crippen LogP contribution in [0, 0.1) is 0 Å². The first kappa shape index (κ1) is 11.4. The molecule has 3 heteroatoms. The van der Waals surface area contributed by atoms with Crippen molar-refractivity contribution in [3.05, 3.63) is 59.1 Å². The summed E-state index contributed by atoms with van der Waals surface area (Å²) in [6.45, 7) is 0. The monoisotopic (exact) mass is 258 g/mol. The molecular formula is C15H15ClN2. The number of benzene rings is 2. The lowest BCUT2D eigenvalue weighted by Crippen LogP contribution is -2.30. The summed E-state index contributed by atoms with van der Waals surface area (Å²) in [4.78, 5) is 4.58. The van der Waals surface area contributed by atoms with Gasteiger partial charge in [0.15, 0.2) is 0 Å². The van der Waals surface area contributed by atoms with Crippen molar-refractivity contribution in [2.24, 2.45) is 0 Å². The minimum atomic E-state index is 0.236. The van der Waals surface area contributed by atoms with Crippen LogP contribution in [0.15, 0.2) is 48.5 Å². The van der Waals surface area contributed by atoms with Gasteiger partial charge in [-0.25, -0.2) is 0 Å². The molecule has 0 atom stereocenters. The zero-order valence-corrected chi connectivity index (χ0v) is 11.2. The molecule has 0 fully saturated rings. The second-order valence-corrected chi connectivity index (χ2v) is 5.07. The van der Waals surface area contributed by atoms with Crippen molar-refractivity contribution < 1.29 is 0 Å². The van der Waals surface area contributed by atoms with Crippen molar-refractivity contribution in [2.75, 3.05) is 23.9 Å². The Balaban J connectivity index is 2.03. The number of hydrogen-bond donors (Lipinski definition) is 0. The van der Waals surface area contributed by atoms with Gasteiger partial charge in [-0.3, -0.25) is 0 Å². The molecule has 0 aromatic heterocycles. The lowest BCUT2D eigenvalue weighted by molar-refractivity contribution is 0.694. The van der Waals surface area contributed by atoms with Gasteiger partial charge in [-0.05, 0) is 29.8 Å². The number of hydrogen-bond acceptors (Lipinski definition) is 2. The normalized spacial score (nSPS) is 15.1. The van der Waals surface area contributed by atoms with Crippen LogP contribution in [0.3, 0.4) is 0 Å². The van der Waals surface area contributed by atoms with Crippen LogP contribution in [0.1, 0.15) is 11.7 Å². The van der Waals surface area contributed by atoms with Gasteiger partial charge in [0.2, 0.25) is 0 Å². The minimum Gasteiger partial charge on any atom is -0.349 e. The third kappa shape index (κ3) is 1.65. The van der Waals surface area contributed by atoms with Gasteiger partial charge in [-0.2, -0.15) is 0 Å². The van der Waals surface area contributed by atoms with Crippen molar-refractivity contribution in [3.63, 3.8) is 0 Å². The quantitative estimate of drug-likeness (QED) is 0.765. The van der Waals surface area contributed by atoms with Gasteiger partial charge < -0.3 is 9.80 Å². The van der Waals surface area contributed by atoms with E-state index in [2.05, 4.69) is 60.3 Å². The summed E-state index contributed by atoms with van der Waals surface area (Å²) in [6, 6.07) is 16.5. The Bertz CT molecular complexity index is 536. The smallest absolute Gasteiger partial charge is 0.128 e. The summed E-state index contributed by atoms with van der Waals surface area (Å²) >= 11 is 5.95. The van der Waals surface area contributed by atoms with Gasteiger partial charge in [-0.1, -0.05) is 35.9 Å². The van der Waals surface area contributed by atoms with Gasteiger partial charge in [0.25, 0.3) is 0 Å². The van der Waals surface area contributed by atoms with Crippen LogP contribution in [-0.2, 0) is 0 Å². The Hall–Kier alpha value is -1.67. The number of fused-ring (bicyclic) bond motifs is 1. The van der Waals surface area contributed by atoms with Crippen molar-refractivity contribution in [3.8, 4) is 0 Å². The van der Waals surface area contributed by atoms with E-state index in [4.69, 9.17) is 11.6 Å². The molecule has 18 heavy (non-hydrogen) atoms. The average molecular weight is 259 g/mol. The maximum Gasteiger partial charge on any atom is 0.128 e. The van der Waals surface area contributed by atoms with Crippen LogP contribution in [0.4, 0.5) is 11.4 Å². The van der Waals surface area contributed by atoms with E-state index >= 15 is 0 Å². The maximum atomic E-state index is 5.95. The number of nitrogens with zero attached hydrogens (tertiary/aromatic N) is 2. The van der Waals surface area contributed by atoms with Crippen molar-refractivity contribution in [1.82, 2.24) is 0 Å². The average Bonchev–Trinajstić information content (AvgIpc) is 2.64. The lowest BCUT2D eigenvalue weighted by Gasteiger charge is -2.28. The van der Waals surface area contributed by atoms with E-state index in [1.807, 2.05) is 12.1 Å². The topological polar surface area (TPSA) is 6.48 Å². The lowest BCUT2D eigenvalue weighted by atomic mass is 10.1. The summed E-state index contributed by atoms with van der Waals surface area (Å²) in [5, 5.41) is 0.777. The summed E-state index contributed by atoms with van der Waals surface area (Å²) < 4.78 is 0.